The summed E-state index contributed by atoms with van der Waals surface area (Å²) < 4.78 is 19.3. The minimum Gasteiger partial charge on any atom is -0.462 e. The smallest absolute Gasteiger partial charge is 0.410 e. The average Bonchev–Trinajstić information content (AvgIpc) is 1.60. The lowest BCUT2D eigenvalue weighted by atomic mass is 9.72. The maximum atomic E-state index is 13.0. The van der Waals surface area contributed by atoms with Gasteiger partial charge in [-0.3, -0.25) is 76.9 Å². The molecular formula is C74H103N15O13. The van der Waals surface area contributed by atoms with Crippen molar-refractivity contribution in [2.45, 2.75) is 161 Å². The van der Waals surface area contributed by atoms with E-state index in [1.54, 1.807) is 45.5 Å². The number of para-hydroxylation sites is 4. The third kappa shape index (κ3) is 16.6. The number of piperidine rings is 6. The summed E-state index contributed by atoms with van der Waals surface area (Å²) in [7, 11) is 5.21. The number of hydrogen-bond donors (Lipinski definition) is 6. The highest BCUT2D eigenvalue weighted by atomic mass is 16.6. The van der Waals surface area contributed by atoms with E-state index in [4.69, 9.17) is 4.74 Å². The van der Waals surface area contributed by atoms with Crippen LogP contribution in [0.15, 0.2) is 75.0 Å². The normalized spacial score (nSPS) is 22.4. The highest BCUT2D eigenvalue weighted by Gasteiger charge is 2.45. The summed E-state index contributed by atoms with van der Waals surface area (Å²) in [6, 6.07) is 17.3. The third-order valence-corrected chi connectivity index (χ3v) is 21.8. The van der Waals surface area contributed by atoms with E-state index in [-0.39, 0.29) is 83.2 Å². The van der Waals surface area contributed by atoms with Gasteiger partial charge < -0.3 is 40.1 Å². The van der Waals surface area contributed by atoms with Crippen LogP contribution in [0.25, 0.3) is 33.1 Å². The third-order valence-electron chi connectivity index (χ3n) is 21.8. The van der Waals surface area contributed by atoms with Crippen LogP contribution in [0.5, 0.6) is 0 Å². The molecule has 0 aliphatic carbocycles. The molecule has 9 fully saturated rings. The van der Waals surface area contributed by atoms with Gasteiger partial charge in [-0.2, -0.15) is 0 Å². The Morgan fingerprint density at radius 3 is 1.22 bits per heavy atom. The largest absolute Gasteiger partial charge is 0.462 e. The minimum absolute atomic E-state index is 0.158. The number of rotatable bonds is 10. The fourth-order valence-electron chi connectivity index (χ4n) is 16.1. The lowest BCUT2D eigenvalue weighted by molar-refractivity contribution is -0.139. The first-order valence-corrected chi connectivity index (χ1v) is 36.2. The summed E-state index contributed by atoms with van der Waals surface area (Å²) in [5, 5.41) is 17.2. The Morgan fingerprint density at radius 2 is 0.863 bits per heavy atom. The minimum atomic E-state index is -0.635. The van der Waals surface area contributed by atoms with E-state index in [2.05, 4.69) is 58.6 Å². The van der Waals surface area contributed by atoms with Crippen LogP contribution in [0.4, 0.5) is 4.79 Å². The number of likely N-dealkylation sites (tertiary alicyclic amines) is 3. The number of carbonyl (C=O) groups excluding carboxylic acids is 8. The maximum Gasteiger partial charge on any atom is 0.410 e. The standard InChI is InChI=1S/2C22H29N5O3.C13H13N3O3.C12H22N2O2.C5H10O2/c2*1-25-19-15(7-12-26-13-22(14-26)8-10-23-11-9-22)3-2-4-16(19)27(21(25)30)17-5-6-18(28)24-20(17)29;1-15-8-4-2-3-5-9(8)16(13(15)19)10-6-7-11(17)14-12(10)18;1-11(2,3)16-10(15)14-6-4-12(5-7-14)8-13-9-12;1-5(2,3)7-4-6/h2*2-4,17,23H,5-14H2,1H3,(H,24,28,29);2-5,10H,6-7H2,1H3,(H,14,17,18);13H,4-9H2,1-3H3;4H,1-3H3. The molecule has 15 rings (SSSR count). The molecule has 552 valence electrons. The Labute approximate surface area is 593 Å². The van der Waals surface area contributed by atoms with E-state index in [0.29, 0.717) is 47.5 Å². The molecule has 28 nitrogen and oxygen atoms in total. The first kappa shape index (κ1) is 74.6. The van der Waals surface area contributed by atoms with Crippen molar-refractivity contribution in [3.8, 4) is 0 Å². The van der Waals surface area contributed by atoms with Gasteiger partial charge in [0.25, 0.3) is 6.47 Å². The second-order valence-electron chi connectivity index (χ2n) is 31.4. The van der Waals surface area contributed by atoms with Gasteiger partial charge in [0.15, 0.2) is 0 Å². The van der Waals surface area contributed by atoms with Crippen LogP contribution < -0.4 is 49.0 Å². The van der Waals surface area contributed by atoms with Crippen LogP contribution in [-0.4, -0.2) is 193 Å². The lowest BCUT2D eigenvalue weighted by Crippen LogP contribution is -2.60. The number of carbonyl (C=O) groups is 8. The van der Waals surface area contributed by atoms with Crippen molar-refractivity contribution < 1.29 is 47.8 Å². The van der Waals surface area contributed by atoms with Gasteiger partial charge in [0.1, 0.15) is 29.3 Å². The zero-order valence-electron chi connectivity index (χ0n) is 60.7. The number of fused-ring (bicyclic) bond motifs is 3. The Morgan fingerprint density at radius 1 is 0.480 bits per heavy atom. The van der Waals surface area contributed by atoms with E-state index in [1.807, 2.05) is 88.9 Å². The molecule has 0 radical (unpaired) electrons. The number of ether oxygens (including phenoxy) is 2. The molecule has 0 bridgehead atoms. The predicted molar refractivity (Wildman–Crippen MR) is 384 cm³/mol. The van der Waals surface area contributed by atoms with Gasteiger partial charge >= 0.3 is 23.2 Å². The van der Waals surface area contributed by atoms with Crippen molar-refractivity contribution in [2.24, 2.45) is 37.4 Å². The number of imide groups is 3. The summed E-state index contributed by atoms with van der Waals surface area (Å²) in [6.45, 7) is 26.7. The SMILES string of the molecule is CC(C)(C)OC(=O)N1CCC2(CC1)CNC2.CC(C)(C)OC=O.Cn1c(=O)n(C2CCC(=O)NC2=O)c2cccc(CCN3CC4(CCNCC4)C3)c21.Cn1c(=O)n(C2CCC(=O)NC2=O)c2cccc(CCN3CC4(CCNCC4)C3)c21.Cn1c(=O)n(C2CCC(=O)NC2=O)c2ccccc21. The van der Waals surface area contributed by atoms with Crippen LogP contribution in [0.2, 0.25) is 0 Å². The zero-order chi connectivity index (χ0) is 73.1. The molecule has 9 aliphatic rings. The predicted octanol–water partition coefficient (Wildman–Crippen LogP) is 3.97. The van der Waals surface area contributed by atoms with Gasteiger partial charge in [-0.1, -0.05) is 36.4 Å². The van der Waals surface area contributed by atoms with E-state index >= 15 is 0 Å². The number of aromatic nitrogens is 6. The Bertz CT molecular complexity index is 4140. The van der Waals surface area contributed by atoms with Gasteiger partial charge in [-0.25, -0.2) is 19.2 Å². The summed E-state index contributed by atoms with van der Waals surface area (Å²) in [6.07, 6.45) is 10.7. The van der Waals surface area contributed by atoms with E-state index in [9.17, 15) is 52.7 Å². The number of hydrogen-bond acceptors (Lipinski definition) is 18. The van der Waals surface area contributed by atoms with E-state index < -0.39 is 24.0 Å². The molecule has 6 N–H and O–H groups in total. The van der Waals surface area contributed by atoms with E-state index in [0.717, 1.165) is 130 Å². The number of aryl methyl sites for hydroxylation is 3. The molecule has 3 aromatic heterocycles. The van der Waals surface area contributed by atoms with Crippen molar-refractivity contribution >= 4 is 81.1 Å². The molecule has 9 saturated heterocycles. The zero-order valence-corrected chi connectivity index (χ0v) is 60.7. The Hall–Kier alpha value is -8.57. The number of benzene rings is 3. The molecule has 0 saturated carbocycles. The Balaban J connectivity index is 0.000000136. The highest BCUT2D eigenvalue weighted by Crippen LogP contribution is 2.41. The molecule has 3 atom stereocenters. The van der Waals surface area contributed by atoms with Gasteiger partial charge in [-0.15, -0.1) is 0 Å². The number of nitrogens with one attached hydrogen (secondary N) is 6. The molecule has 3 spiro atoms. The summed E-state index contributed by atoms with van der Waals surface area (Å²) in [5.41, 5.74) is 7.23. The van der Waals surface area contributed by atoms with Crippen LogP contribution in [0, 0.1) is 16.2 Å². The Kier molecular flexibility index (Phi) is 22.5. The van der Waals surface area contributed by atoms with Gasteiger partial charge in [0.05, 0.1) is 33.1 Å². The topological polar surface area (TPSA) is 318 Å². The fourth-order valence-corrected chi connectivity index (χ4v) is 16.1. The molecule has 28 heteroatoms. The molecule has 102 heavy (non-hydrogen) atoms. The molecule has 7 amide bonds. The molecule has 3 aromatic carbocycles. The maximum absolute atomic E-state index is 13.0. The number of imidazole rings is 3. The number of amides is 7. The monoisotopic (exact) mass is 1410 g/mol. The van der Waals surface area contributed by atoms with Gasteiger partial charge in [0.2, 0.25) is 35.4 Å². The molecular weight excluding hydrogens is 1310 g/mol. The molecule has 3 unspecified atom stereocenters. The van der Waals surface area contributed by atoms with Gasteiger partial charge in [-0.05, 0) is 190 Å². The summed E-state index contributed by atoms with van der Waals surface area (Å²) in [4.78, 5) is 138. The van der Waals surface area contributed by atoms with Crippen LogP contribution in [0.3, 0.4) is 0 Å². The molecule has 9 aliphatic heterocycles. The molecule has 6 aromatic rings. The second-order valence-corrected chi connectivity index (χ2v) is 31.4. The van der Waals surface area contributed by atoms with E-state index in [1.165, 1.54) is 61.0 Å². The van der Waals surface area contributed by atoms with Crippen LogP contribution >= 0.6 is 0 Å². The summed E-state index contributed by atoms with van der Waals surface area (Å²) >= 11 is 0. The van der Waals surface area contributed by atoms with Gasteiger partial charge in [0, 0.05) is 106 Å². The molecule has 12 heterocycles. The van der Waals surface area contributed by atoms with Crippen molar-refractivity contribution in [2.75, 3.05) is 91.6 Å². The van der Waals surface area contributed by atoms with Crippen molar-refractivity contribution in [3.05, 3.63) is 103 Å². The quantitative estimate of drug-likeness (QED) is 0.0835. The first-order chi connectivity index (χ1) is 48.5. The lowest BCUT2D eigenvalue weighted by Gasteiger charge is -2.52. The number of nitrogens with zero attached hydrogens (tertiary/aromatic N) is 9. The van der Waals surface area contributed by atoms with Crippen molar-refractivity contribution in [3.63, 3.8) is 0 Å². The highest BCUT2D eigenvalue weighted by molar-refractivity contribution is 6.01. The average molecular weight is 1410 g/mol. The fraction of sp³-hybridized carbons (Fsp3) is 0.608. The second kappa shape index (κ2) is 30.8. The van der Waals surface area contributed by atoms with Crippen molar-refractivity contribution in [1.82, 2.24) is 74.0 Å². The first-order valence-electron chi connectivity index (χ1n) is 36.2. The van der Waals surface area contributed by atoms with Crippen LogP contribution in [-0.2, 0) is 77.0 Å². The van der Waals surface area contributed by atoms with Crippen molar-refractivity contribution in [1.29, 1.82) is 0 Å². The van der Waals surface area contributed by atoms with Crippen LogP contribution in [0.1, 0.15) is 148 Å². The summed E-state index contributed by atoms with van der Waals surface area (Å²) in [5.74, 6) is -2.01.